The Balaban J connectivity index is 1.80. The number of aliphatic hydroxyl groups is 7. The van der Waals surface area contributed by atoms with Crippen LogP contribution in [0.15, 0.2) is 72.9 Å². The van der Waals surface area contributed by atoms with Gasteiger partial charge in [-0.2, -0.15) is 0 Å². The molecule has 2 heterocycles. The molecule has 0 bridgehead atoms. The van der Waals surface area contributed by atoms with Gasteiger partial charge < -0.3 is 64.2 Å². The van der Waals surface area contributed by atoms with E-state index in [2.05, 4.69) is 74.6 Å². The summed E-state index contributed by atoms with van der Waals surface area (Å²) in [4.78, 5) is 13.0. The number of ether oxygens (including phenoxy) is 6. The fraction of sp³-hybridized carbons (Fsp3) is 0.759. The number of hydrogen-bond donors (Lipinski definition) is 7. The zero-order valence-electron chi connectivity index (χ0n) is 41.6. The summed E-state index contributed by atoms with van der Waals surface area (Å²) in [6.45, 7) is 3.47. The number of aliphatic hydroxyl groups excluding tert-OH is 7. The molecule has 0 aromatic carbocycles. The third-order valence-electron chi connectivity index (χ3n) is 12.0. The normalized spacial score (nSPS) is 26.5. The summed E-state index contributed by atoms with van der Waals surface area (Å²) in [6, 6.07) is 0. The van der Waals surface area contributed by atoms with Crippen molar-refractivity contribution in [1.29, 1.82) is 0 Å². The molecule has 11 unspecified atom stereocenters. The number of unbranched alkanes of at least 4 members (excludes halogenated alkanes) is 14. The average molecular weight is 965 g/mol. The molecule has 2 saturated heterocycles. The Bertz CT molecular complexity index is 1400. The highest BCUT2D eigenvalue weighted by atomic mass is 16.7. The Morgan fingerprint density at radius 3 is 1.41 bits per heavy atom. The van der Waals surface area contributed by atoms with Crippen molar-refractivity contribution in [3.8, 4) is 0 Å². The van der Waals surface area contributed by atoms with Gasteiger partial charge in [-0.3, -0.25) is 4.79 Å². The number of allylic oxidation sites excluding steroid dienone is 12. The second kappa shape index (κ2) is 41.1. The minimum Gasteiger partial charge on any atom is -0.457 e. The first kappa shape index (κ1) is 61.5. The molecule has 68 heavy (non-hydrogen) atoms. The van der Waals surface area contributed by atoms with Crippen molar-refractivity contribution in [3.05, 3.63) is 72.9 Å². The summed E-state index contributed by atoms with van der Waals surface area (Å²) in [6.07, 6.45) is 34.0. The zero-order valence-corrected chi connectivity index (χ0v) is 41.6. The van der Waals surface area contributed by atoms with E-state index in [4.69, 9.17) is 28.4 Å². The van der Waals surface area contributed by atoms with Crippen molar-refractivity contribution in [1.82, 2.24) is 0 Å². The van der Waals surface area contributed by atoms with Gasteiger partial charge in [0.25, 0.3) is 0 Å². The Morgan fingerprint density at radius 2 is 0.926 bits per heavy atom. The zero-order chi connectivity index (χ0) is 49.5. The van der Waals surface area contributed by atoms with Gasteiger partial charge in [0.15, 0.2) is 12.6 Å². The lowest BCUT2D eigenvalue weighted by molar-refractivity contribution is -0.332. The molecule has 0 spiro atoms. The fourth-order valence-corrected chi connectivity index (χ4v) is 7.78. The van der Waals surface area contributed by atoms with E-state index in [9.17, 15) is 40.5 Å². The maximum Gasteiger partial charge on any atom is 0.306 e. The molecular formula is C54H92O14. The van der Waals surface area contributed by atoms with Crippen LogP contribution in [0.25, 0.3) is 0 Å². The standard InChI is InChI=1S/C54H92O14/c1-3-5-7-9-11-13-15-17-19-20-21-22-23-25-27-29-31-33-35-37-46(56)66-43(40-63-38-36-34-32-30-28-26-24-18-16-14-12-10-8-6-4-2)41-64-53-52(62)50(60)48(58)45(68-53)42-65-54-51(61)49(59)47(57)44(39-55)67-54/h5,7,11,13,17,19,21-22,25,27,31,33,43-45,47-55,57-62H,3-4,6,8-10,12,14-16,18,20,23-24,26,28-30,32,34-42H2,1-2H3/b7-5-,13-11-,19-17-,22-21-,27-25-,33-31-. The van der Waals surface area contributed by atoms with Gasteiger partial charge in [-0.05, 0) is 51.4 Å². The topological polar surface area (TPSA) is 214 Å². The molecule has 2 aliphatic rings. The Morgan fingerprint density at radius 1 is 0.500 bits per heavy atom. The van der Waals surface area contributed by atoms with Crippen LogP contribution in [0.2, 0.25) is 0 Å². The molecule has 2 rings (SSSR count). The predicted octanol–water partition coefficient (Wildman–Crippen LogP) is 7.90. The second-order valence-electron chi connectivity index (χ2n) is 18.0. The minimum atomic E-state index is -1.72. The first-order valence-corrected chi connectivity index (χ1v) is 26.0. The molecule has 0 amide bonds. The molecular weight excluding hydrogens is 873 g/mol. The molecule has 392 valence electrons. The molecule has 14 heteroatoms. The third kappa shape index (κ3) is 28.3. The molecule has 7 N–H and O–H groups in total. The van der Waals surface area contributed by atoms with E-state index < -0.39 is 86.7 Å². The van der Waals surface area contributed by atoms with E-state index in [0.717, 1.165) is 57.8 Å². The Labute approximate surface area is 408 Å². The summed E-state index contributed by atoms with van der Waals surface area (Å²) in [5.41, 5.74) is 0. The van der Waals surface area contributed by atoms with Crippen LogP contribution in [0.4, 0.5) is 0 Å². The highest BCUT2D eigenvalue weighted by Gasteiger charge is 2.47. The van der Waals surface area contributed by atoms with Gasteiger partial charge >= 0.3 is 5.97 Å². The van der Waals surface area contributed by atoms with E-state index >= 15 is 0 Å². The molecule has 0 aliphatic carbocycles. The van der Waals surface area contributed by atoms with E-state index in [-0.39, 0.29) is 19.6 Å². The van der Waals surface area contributed by atoms with Crippen LogP contribution in [-0.4, -0.2) is 142 Å². The van der Waals surface area contributed by atoms with Crippen LogP contribution in [0.1, 0.15) is 162 Å². The number of rotatable bonds is 40. The van der Waals surface area contributed by atoms with Crippen LogP contribution < -0.4 is 0 Å². The Hall–Kier alpha value is -2.57. The molecule has 2 fully saturated rings. The number of carbonyl (C=O) groups excluding carboxylic acids is 1. The summed E-state index contributed by atoms with van der Waals surface area (Å²) >= 11 is 0. The first-order valence-electron chi connectivity index (χ1n) is 26.0. The van der Waals surface area contributed by atoms with Gasteiger partial charge in [0.2, 0.25) is 0 Å². The monoisotopic (exact) mass is 965 g/mol. The Kier molecular flexibility index (Phi) is 37.2. The maximum absolute atomic E-state index is 13.0. The lowest BCUT2D eigenvalue weighted by atomic mass is 9.98. The maximum atomic E-state index is 13.0. The molecule has 0 aromatic rings. The van der Waals surface area contributed by atoms with Gasteiger partial charge in [0.05, 0.1) is 26.4 Å². The lowest BCUT2D eigenvalue weighted by Crippen LogP contribution is -2.61. The van der Waals surface area contributed by atoms with Crippen molar-refractivity contribution in [2.24, 2.45) is 0 Å². The van der Waals surface area contributed by atoms with Crippen LogP contribution in [0.3, 0.4) is 0 Å². The minimum absolute atomic E-state index is 0.0297. The highest BCUT2D eigenvalue weighted by molar-refractivity contribution is 5.69. The quantitative estimate of drug-likeness (QED) is 0.0177. The molecule has 0 aromatic heterocycles. The smallest absolute Gasteiger partial charge is 0.306 e. The number of hydrogen-bond acceptors (Lipinski definition) is 14. The van der Waals surface area contributed by atoms with Gasteiger partial charge in [0.1, 0.15) is 54.9 Å². The lowest BCUT2D eigenvalue weighted by Gasteiger charge is -2.42. The first-order chi connectivity index (χ1) is 33.1. The van der Waals surface area contributed by atoms with E-state index in [0.29, 0.717) is 13.0 Å². The summed E-state index contributed by atoms with van der Waals surface area (Å²) < 4.78 is 34.2. The number of carbonyl (C=O) groups is 1. The van der Waals surface area contributed by atoms with Gasteiger partial charge in [-0.1, -0.05) is 177 Å². The average Bonchev–Trinajstić information content (AvgIpc) is 3.33. The van der Waals surface area contributed by atoms with Gasteiger partial charge in [-0.25, -0.2) is 0 Å². The van der Waals surface area contributed by atoms with Crippen LogP contribution in [0, 0.1) is 0 Å². The highest BCUT2D eigenvalue weighted by Crippen LogP contribution is 2.26. The van der Waals surface area contributed by atoms with Gasteiger partial charge in [0, 0.05) is 13.0 Å². The third-order valence-corrected chi connectivity index (χ3v) is 12.0. The van der Waals surface area contributed by atoms with Crippen LogP contribution >= 0.6 is 0 Å². The second-order valence-corrected chi connectivity index (χ2v) is 18.0. The van der Waals surface area contributed by atoms with Crippen molar-refractivity contribution in [2.75, 3.05) is 33.0 Å². The van der Waals surface area contributed by atoms with Crippen molar-refractivity contribution in [3.63, 3.8) is 0 Å². The summed E-state index contributed by atoms with van der Waals surface area (Å²) in [5.74, 6) is -0.458. The molecule has 14 nitrogen and oxygen atoms in total. The molecule has 0 radical (unpaired) electrons. The molecule has 2 aliphatic heterocycles. The predicted molar refractivity (Wildman–Crippen MR) is 265 cm³/mol. The van der Waals surface area contributed by atoms with Crippen molar-refractivity contribution < 1.29 is 69.0 Å². The van der Waals surface area contributed by atoms with Crippen LogP contribution in [-0.2, 0) is 33.2 Å². The largest absolute Gasteiger partial charge is 0.457 e. The van der Waals surface area contributed by atoms with Crippen molar-refractivity contribution >= 4 is 5.97 Å². The SMILES string of the molecule is CC/C=C\C/C=C\C/C=C\C/C=C\C/C=C\C/C=C\CCC(=O)OC(COCCCCCCCCCCCCCCCCC)COC1OC(COC2OC(CO)C(O)C(O)C2O)C(O)C(O)C1O. The van der Waals surface area contributed by atoms with E-state index in [1.165, 1.54) is 77.0 Å². The fourth-order valence-electron chi connectivity index (χ4n) is 7.78. The number of esters is 1. The van der Waals surface area contributed by atoms with E-state index in [1.54, 1.807) is 0 Å². The molecule has 11 atom stereocenters. The van der Waals surface area contributed by atoms with E-state index in [1.807, 2.05) is 12.2 Å². The van der Waals surface area contributed by atoms with Gasteiger partial charge in [-0.15, -0.1) is 0 Å². The molecule has 0 saturated carbocycles. The van der Waals surface area contributed by atoms with Crippen molar-refractivity contribution in [2.45, 2.75) is 229 Å². The summed E-state index contributed by atoms with van der Waals surface area (Å²) in [5, 5.41) is 72.1. The summed E-state index contributed by atoms with van der Waals surface area (Å²) in [7, 11) is 0. The van der Waals surface area contributed by atoms with Crippen LogP contribution in [0.5, 0.6) is 0 Å².